The first-order valence-corrected chi connectivity index (χ1v) is 5.47. The van der Waals surface area contributed by atoms with E-state index in [1.54, 1.807) is 24.5 Å². The van der Waals surface area contributed by atoms with E-state index in [-0.39, 0.29) is 5.82 Å². The predicted octanol–water partition coefficient (Wildman–Crippen LogP) is 3.29. The molecule has 3 aromatic rings. The van der Waals surface area contributed by atoms with E-state index in [1.165, 1.54) is 11.6 Å². The van der Waals surface area contributed by atoms with Crippen LogP contribution in [-0.2, 0) is 6.42 Å². The zero-order valence-electron chi connectivity index (χ0n) is 9.15. The Morgan fingerprint density at radius 1 is 1.12 bits per heavy atom. The number of fused-ring (bicyclic) bond motifs is 1. The van der Waals surface area contributed by atoms with Gasteiger partial charge in [-0.1, -0.05) is 0 Å². The molecule has 3 rings (SSSR count). The highest BCUT2D eigenvalue weighted by Crippen LogP contribution is 2.21. The van der Waals surface area contributed by atoms with Crippen LogP contribution in [0.15, 0.2) is 48.9 Å². The van der Waals surface area contributed by atoms with Crippen LogP contribution in [0.5, 0.6) is 0 Å². The largest absolute Gasteiger partial charge is 0.361 e. The standard InChI is InChI=1S/C14H11FN2/c15-12-1-2-14-13(8-12)11(9-17-14)7-10-3-5-16-6-4-10/h1-6,8-9,17H,7H2. The summed E-state index contributed by atoms with van der Waals surface area (Å²) in [4.78, 5) is 7.14. The molecule has 0 radical (unpaired) electrons. The van der Waals surface area contributed by atoms with Gasteiger partial charge in [0.1, 0.15) is 5.82 Å². The molecule has 0 aliphatic heterocycles. The van der Waals surface area contributed by atoms with Crippen molar-refractivity contribution in [2.75, 3.05) is 0 Å². The highest BCUT2D eigenvalue weighted by atomic mass is 19.1. The third kappa shape index (κ3) is 1.91. The van der Waals surface area contributed by atoms with Crippen molar-refractivity contribution in [1.29, 1.82) is 0 Å². The lowest BCUT2D eigenvalue weighted by Gasteiger charge is -1.99. The highest BCUT2D eigenvalue weighted by molar-refractivity contribution is 5.83. The maximum atomic E-state index is 13.2. The number of aromatic nitrogens is 2. The summed E-state index contributed by atoms with van der Waals surface area (Å²) in [6, 6.07) is 8.74. The number of rotatable bonds is 2. The molecule has 0 fully saturated rings. The number of pyridine rings is 1. The number of halogens is 1. The van der Waals surface area contributed by atoms with Gasteiger partial charge in [-0.05, 0) is 47.9 Å². The molecule has 0 bridgehead atoms. The Morgan fingerprint density at radius 2 is 1.94 bits per heavy atom. The normalized spacial score (nSPS) is 10.9. The van der Waals surface area contributed by atoms with Gasteiger partial charge in [-0.15, -0.1) is 0 Å². The number of hydrogen-bond donors (Lipinski definition) is 1. The third-order valence-corrected chi connectivity index (χ3v) is 2.87. The van der Waals surface area contributed by atoms with Crippen molar-refractivity contribution < 1.29 is 4.39 Å². The summed E-state index contributed by atoms with van der Waals surface area (Å²) in [6.07, 6.45) is 6.26. The van der Waals surface area contributed by atoms with Gasteiger partial charge in [-0.3, -0.25) is 4.98 Å². The van der Waals surface area contributed by atoms with E-state index in [1.807, 2.05) is 18.3 Å². The molecule has 2 heterocycles. The fourth-order valence-corrected chi connectivity index (χ4v) is 2.02. The van der Waals surface area contributed by atoms with Gasteiger partial charge in [0.25, 0.3) is 0 Å². The molecule has 2 aromatic heterocycles. The number of benzene rings is 1. The molecular weight excluding hydrogens is 215 g/mol. The van der Waals surface area contributed by atoms with Gasteiger partial charge in [-0.25, -0.2) is 4.39 Å². The second-order valence-electron chi connectivity index (χ2n) is 4.04. The first-order chi connectivity index (χ1) is 8.33. The van der Waals surface area contributed by atoms with Crippen LogP contribution in [0.3, 0.4) is 0 Å². The summed E-state index contributed by atoms with van der Waals surface area (Å²) in [5.41, 5.74) is 3.24. The molecule has 1 N–H and O–H groups in total. The molecule has 0 aliphatic rings. The van der Waals surface area contributed by atoms with Crippen molar-refractivity contribution in [3.63, 3.8) is 0 Å². The Labute approximate surface area is 98.1 Å². The molecule has 2 nitrogen and oxygen atoms in total. The van der Waals surface area contributed by atoms with Gasteiger partial charge in [0, 0.05) is 29.5 Å². The van der Waals surface area contributed by atoms with Crippen LogP contribution in [0.25, 0.3) is 10.9 Å². The number of H-pyrrole nitrogens is 1. The zero-order valence-corrected chi connectivity index (χ0v) is 9.15. The highest BCUT2D eigenvalue weighted by Gasteiger charge is 2.05. The van der Waals surface area contributed by atoms with Gasteiger partial charge in [0.05, 0.1) is 0 Å². The van der Waals surface area contributed by atoms with Crippen LogP contribution >= 0.6 is 0 Å². The fourth-order valence-electron chi connectivity index (χ4n) is 2.02. The number of nitrogens with one attached hydrogen (secondary N) is 1. The predicted molar refractivity (Wildman–Crippen MR) is 65.3 cm³/mol. The number of nitrogens with zero attached hydrogens (tertiary/aromatic N) is 1. The Balaban J connectivity index is 2.03. The molecule has 1 aromatic carbocycles. The van der Waals surface area contributed by atoms with Gasteiger partial charge in [0.2, 0.25) is 0 Å². The first-order valence-electron chi connectivity index (χ1n) is 5.47. The van der Waals surface area contributed by atoms with E-state index in [2.05, 4.69) is 9.97 Å². The lowest BCUT2D eigenvalue weighted by molar-refractivity contribution is 0.629. The van der Waals surface area contributed by atoms with E-state index in [9.17, 15) is 4.39 Å². The third-order valence-electron chi connectivity index (χ3n) is 2.87. The molecule has 0 saturated carbocycles. The molecule has 17 heavy (non-hydrogen) atoms. The van der Waals surface area contributed by atoms with Crippen LogP contribution < -0.4 is 0 Å². The van der Waals surface area contributed by atoms with Crippen LogP contribution in [0, 0.1) is 5.82 Å². The van der Waals surface area contributed by atoms with Crippen molar-refractivity contribution in [3.8, 4) is 0 Å². The molecule has 3 heteroatoms. The first kappa shape index (κ1) is 10.0. The molecule has 0 saturated heterocycles. The summed E-state index contributed by atoms with van der Waals surface area (Å²) in [6.45, 7) is 0. The maximum absolute atomic E-state index is 13.2. The Morgan fingerprint density at radius 3 is 2.76 bits per heavy atom. The molecule has 0 spiro atoms. The van der Waals surface area contributed by atoms with Crippen LogP contribution in [0.1, 0.15) is 11.1 Å². The minimum absolute atomic E-state index is 0.201. The fraction of sp³-hybridized carbons (Fsp3) is 0.0714. The SMILES string of the molecule is Fc1ccc2[nH]cc(Cc3ccncc3)c2c1. The molecule has 0 unspecified atom stereocenters. The van der Waals surface area contributed by atoms with E-state index in [0.717, 1.165) is 22.9 Å². The van der Waals surface area contributed by atoms with E-state index in [0.29, 0.717) is 0 Å². The minimum Gasteiger partial charge on any atom is -0.361 e. The van der Waals surface area contributed by atoms with Gasteiger partial charge >= 0.3 is 0 Å². The minimum atomic E-state index is -0.201. The average molecular weight is 226 g/mol. The van der Waals surface area contributed by atoms with Crippen LogP contribution in [-0.4, -0.2) is 9.97 Å². The van der Waals surface area contributed by atoms with Crippen molar-refractivity contribution in [3.05, 3.63) is 65.9 Å². The molecular formula is C14H11FN2. The second kappa shape index (κ2) is 4.01. The summed E-state index contributed by atoms with van der Waals surface area (Å²) in [5.74, 6) is -0.201. The molecule has 0 atom stereocenters. The number of aromatic amines is 1. The van der Waals surface area contributed by atoms with Crippen LogP contribution in [0.4, 0.5) is 4.39 Å². The lowest BCUT2D eigenvalue weighted by Crippen LogP contribution is -1.86. The van der Waals surface area contributed by atoms with Gasteiger partial charge in [0.15, 0.2) is 0 Å². The smallest absolute Gasteiger partial charge is 0.123 e. The summed E-state index contributed by atoms with van der Waals surface area (Å²) in [7, 11) is 0. The Hall–Kier alpha value is -2.16. The van der Waals surface area contributed by atoms with Crippen molar-refractivity contribution in [2.45, 2.75) is 6.42 Å². The Bertz CT molecular complexity index is 644. The maximum Gasteiger partial charge on any atom is 0.123 e. The van der Waals surface area contributed by atoms with Crippen molar-refractivity contribution in [2.24, 2.45) is 0 Å². The second-order valence-corrected chi connectivity index (χ2v) is 4.04. The van der Waals surface area contributed by atoms with E-state index >= 15 is 0 Å². The summed E-state index contributed by atoms with van der Waals surface area (Å²) in [5, 5.41) is 0.946. The summed E-state index contributed by atoms with van der Waals surface area (Å²) >= 11 is 0. The quantitative estimate of drug-likeness (QED) is 0.713. The van der Waals surface area contributed by atoms with E-state index in [4.69, 9.17) is 0 Å². The zero-order chi connectivity index (χ0) is 11.7. The van der Waals surface area contributed by atoms with E-state index < -0.39 is 0 Å². The molecule has 0 aliphatic carbocycles. The average Bonchev–Trinajstić information content (AvgIpc) is 2.73. The Kier molecular flexibility index (Phi) is 2.37. The van der Waals surface area contributed by atoms with Crippen molar-refractivity contribution in [1.82, 2.24) is 9.97 Å². The van der Waals surface area contributed by atoms with Crippen molar-refractivity contribution >= 4 is 10.9 Å². The monoisotopic (exact) mass is 226 g/mol. The lowest BCUT2D eigenvalue weighted by atomic mass is 10.1. The van der Waals surface area contributed by atoms with Gasteiger partial charge < -0.3 is 4.98 Å². The van der Waals surface area contributed by atoms with Gasteiger partial charge in [-0.2, -0.15) is 0 Å². The molecule has 0 amide bonds. The summed E-state index contributed by atoms with van der Waals surface area (Å²) < 4.78 is 13.2. The van der Waals surface area contributed by atoms with Crippen LogP contribution in [0.2, 0.25) is 0 Å². The number of hydrogen-bond acceptors (Lipinski definition) is 1. The molecule has 84 valence electrons. The topological polar surface area (TPSA) is 28.7 Å².